The average molecular weight is 260 g/mol. The zero-order chi connectivity index (χ0) is 13.8. The quantitative estimate of drug-likeness (QED) is 0.810. The molecule has 6 heteroatoms. The summed E-state index contributed by atoms with van der Waals surface area (Å²) in [4.78, 5) is 8.18. The van der Waals surface area contributed by atoms with Gasteiger partial charge in [0, 0.05) is 14.2 Å². The fourth-order valence-corrected chi connectivity index (χ4v) is 1.91. The summed E-state index contributed by atoms with van der Waals surface area (Å²) in [5.74, 6) is 0.388. The van der Waals surface area contributed by atoms with Crippen molar-refractivity contribution in [2.24, 2.45) is 0 Å². The van der Waals surface area contributed by atoms with Crippen LogP contribution in [-0.4, -0.2) is 24.2 Å². The van der Waals surface area contributed by atoms with E-state index < -0.39 is 6.29 Å². The Balaban J connectivity index is 2.65. The van der Waals surface area contributed by atoms with E-state index in [1.165, 1.54) is 14.2 Å². The Morgan fingerprint density at radius 1 is 1.00 bits per heavy atom. The molecule has 0 spiro atoms. The molecule has 1 heterocycles. The van der Waals surface area contributed by atoms with Crippen molar-refractivity contribution >= 4 is 11.8 Å². The standard InChI is InChI=1S/C13H16N4O2/c1-18-12(19-2)10-9(8-6-4-3-5-7-8)11(14)17-13(15)16-10/h3-7,12H,1-2H3,(H4,14,15,16,17). The Labute approximate surface area is 111 Å². The first-order valence-electron chi connectivity index (χ1n) is 5.71. The van der Waals surface area contributed by atoms with Gasteiger partial charge in [0.2, 0.25) is 12.2 Å². The predicted octanol–water partition coefficient (Wildman–Crippen LogP) is 1.60. The molecular weight excluding hydrogens is 244 g/mol. The van der Waals surface area contributed by atoms with Crippen LogP contribution in [0.5, 0.6) is 0 Å². The maximum absolute atomic E-state index is 5.96. The van der Waals surface area contributed by atoms with Gasteiger partial charge in [-0.2, -0.15) is 4.98 Å². The van der Waals surface area contributed by atoms with Gasteiger partial charge in [-0.1, -0.05) is 30.3 Å². The van der Waals surface area contributed by atoms with Gasteiger partial charge in [-0.05, 0) is 5.56 Å². The van der Waals surface area contributed by atoms with Crippen molar-refractivity contribution in [3.8, 4) is 11.1 Å². The van der Waals surface area contributed by atoms with Gasteiger partial charge in [0.25, 0.3) is 0 Å². The molecule has 0 amide bonds. The Morgan fingerprint density at radius 3 is 2.21 bits per heavy atom. The molecule has 2 aromatic rings. The lowest BCUT2D eigenvalue weighted by Crippen LogP contribution is -2.13. The second-order valence-corrected chi connectivity index (χ2v) is 3.90. The van der Waals surface area contributed by atoms with Gasteiger partial charge in [-0.15, -0.1) is 0 Å². The first kappa shape index (κ1) is 13.3. The molecule has 0 aliphatic heterocycles. The number of nitrogens with zero attached hydrogens (tertiary/aromatic N) is 2. The molecule has 0 unspecified atom stereocenters. The van der Waals surface area contributed by atoms with Crippen molar-refractivity contribution in [1.29, 1.82) is 0 Å². The molecule has 4 N–H and O–H groups in total. The monoisotopic (exact) mass is 260 g/mol. The average Bonchev–Trinajstić information content (AvgIpc) is 2.40. The lowest BCUT2D eigenvalue weighted by Gasteiger charge is -2.18. The summed E-state index contributed by atoms with van der Waals surface area (Å²) in [5.41, 5.74) is 13.7. The summed E-state index contributed by atoms with van der Waals surface area (Å²) in [5, 5.41) is 0. The molecule has 0 saturated carbocycles. The summed E-state index contributed by atoms with van der Waals surface area (Å²) >= 11 is 0. The van der Waals surface area contributed by atoms with Crippen molar-refractivity contribution < 1.29 is 9.47 Å². The fourth-order valence-electron chi connectivity index (χ4n) is 1.91. The highest BCUT2D eigenvalue weighted by atomic mass is 16.7. The van der Waals surface area contributed by atoms with Crippen molar-refractivity contribution in [3.63, 3.8) is 0 Å². The number of benzene rings is 1. The number of methoxy groups -OCH3 is 2. The second-order valence-electron chi connectivity index (χ2n) is 3.90. The van der Waals surface area contributed by atoms with E-state index >= 15 is 0 Å². The summed E-state index contributed by atoms with van der Waals surface area (Å²) < 4.78 is 10.5. The van der Waals surface area contributed by atoms with Gasteiger partial charge in [0.05, 0.1) is 5.56 Å². The van der Waals surface area contributed by atoms with Gasteiger partial charge in [0.1, 0.15) is 11.5 Å². The maximum Gasteiger partial charge on any atom is 0.222 e. The van der Waals surface area contributed by atoms with E-state index in [9.17, 15) is 0 Å². The van der Waals surface area contributed by atoms with E-state index in [0.717, 1.165) is 5.56 Å². The predicted molar refractivity (Wildman–Crippen MR) is 73.1 cm³/mol. The Kier molecular flexibility index (Phi) is 3.94. The third kappa shape index (κ3) is 2.64. The van der Waals surface area contributed by atoms with Crippen molar-refractivity contribution in [2.45, 2.75) is 6.29 Å². The smallest absolute Gasteiger partial charge is 0.222 e. The number of hydrogen-bond acceptors (Lipinski definition) is 6. The van der Waals surface area contributed by atoms with E-state index in [1.807, 2.05) is 30.3 Å². The molecule has 100 valence electrons. The van der Waals surface area contributed by atoms with Crippen LogP contribution in [0.25, 0.3) is 11.1 Å². The number of hydrogen-bond donors (Lipinski definition) is 2. The van der Waals surface area contributed by atoms with Gasteiger partial charge in [-0.25, -0.2) is 4.98 Å². The van der Waals surface area contributed by atoms with Gasteiger partial charge in [0.15, 0.2) is 0 Å². The number of nitrogen functional groups attached to an aromatic ring is 2. The van der Waals surface area contributed by atoms with Gasteiger partial charge < -0.3 is 20.9 Å². The molecule has 0 aliphatic rings. The number of rotatable bonds is 4. The molecule has 0 atom stereocenters. The van der Waals surface area contributed by atoms with Crippen LogP contribution in [0, 0.1) is 0 Å². The molecule has 1 aromatic carbocycles. The first-order chi connectivity index (χ1) is 9.17. The topological polar surface area (TPSA) is 96.3 Å². The van der Waals surface area contributed by atoms with Crippen molar-refractivity contribution in [2.75, 3.05) is 25.7 Å². The van der Waals surface area contributed by atoms with Crippen LogP contribution in [0.4, 0.5) is 11.8 Å². The first-order valence-corrected chi connectivity index (χ1v) is 5.71. The molecule has 1 aromatic heterocycles. The molecule has 0 bridgehead atoms. The zero-order valence-corrected chi connectivity index (χ0v) is 10.8. The molecule has 19 heavy (non-hydrogen) atoms. The van der Waals surface area contributed by atoms with Crippen molar-refractivity contribution in [3.05, 3.63) is 36.0 Å². The minimum absolute atomic E-state index is 0.0891. The Bertz CT molecular complexity index is 556. The van der Waals surface area contributed by atoms with E-state index in [1.54, 1.807) is 0 Å². The van der Waals surface area contributed by atoms with E-state index in [0.29, 0.717) is 17.1 Å². The third-order valence-corrected chi connectivity index (χ3v) is 2.70. The number of anilines is 2. The number of aromatic nitrogens is 2. The van der Waals surface area contributed by atoms with E-state index in [2.05, 4.69) is 9.97 Å². The van der Waals surface area contributed by atoms with E-state index in [-0.39, 0.29) is 5.95 Å². The minimum Gasteiger partial charge on any atom is -0.383 e. The van der Waals surface area contributed by atoms with Gasteiger partial charge in [-0.3, -0.25) is 0 Å². The normalized spacial score (nSPS) is 10.9. The summed E-state index contributed by atoms with van der Waals surface area (Å²) in [6.45, 7) is 0. The molecule has 2 rings (SSSR count). The number of nitrogens with two attached hydrogens (primary N) is 2. The second kappa shape index (κ2) is 5.64. The maximum atomic E-state index is 5.96. The highest BCUT2D eigenvalue weighted by Gasteiger charge is 2.21. The molecule has 6 nitrogen and oxygen atoms in total. The highest BCUT2D eigenvalue weighted by molar-refractivity contribution is 5.76. The van der Waals surface area contributed by atoms with Crippen LogP contribution in [0.2, 0.25) is 0 Å². The minimum atomic E-state index is -0.650. The van der Waals surface area contributed by atoms with E-state index in [4.69, 9.17) is 20.9 Å². The summed E-state index contributed by atoms with van der Waals surface area (Å²) in [6, 6.07) is 9.56. The largest absolute Gasteiger partial charge is 0.383 e. The summed E-state index contributed by atoms with van der Waals surface area (Å²) in [6.07, 6.45) is -0.650. The highest BCUT2D eigenvalue weighted by Crippen LogP contribution is 2.32. The lowest BCUT2D eigenvalue weighted by atomic mass is 10.0. The molecule has 0 saturated heterocycles. The fraction of sp³-hybridized carbons (Fsp3) is 0.231. The van der Waals surface area contributed by atoms with Crippen LogP contribution in [0.3, 0.4) is 0 Å². The van der Waals surface area contributed by atoms with Crippen LogP contribution in [-0.2, 0) is 9.47 Å². The Morgan fingerprint density at radius 2 is 1.63 bits per heavy atom. The third-order valence-electron chi connectivity index (χ3n) is 2.70. The van der Waals surface area contributed by atoms with Crippen LogP contribution < -0.4 is 11.5 Å². The molecular formula is C13H16N4O2. The molecule has 0 aliphatic carbocycles. The zero-order valence-electron chi connectivity index (χ0n) is 10.8. The van der Waals surface area contributed by atoms with Gasteiger partial charge >= 0.3 is 0 Å². The van der Waals surface area contributed by atoms with Crippen LogP contribution >= 0.6 is 0 Å². The molecule has 0 radical (unpaired) electrons. The summed E-state index contributed by atoms with van der Waals surface area (Å²) in [7, 11) is 3.05. The van der Waals surface area contributed by atoms with Crippen LogP contribution in [0.1, 0.15) is 12.0 Å². The van der Waals surface area contributed by atoms with Crippen molar-refractivity contribution in [1.82, 2.24) is 9.97 Å². The SMILES string of the molecule is COC(OC)c1nc(N)nc(N)c1-c1ccccc1. The number of ether oxygens (including phenoxy) is 2. The van der Waals surface area contributed by atoms with Crippen LogP contribution in [0.15, 0.2) is 30.3 Å². The Hall–Kier alpha value is -2.18. The lowest BCUT2D eigenvalue weighted by molar-refractivity contribution is -0.108. The molecule has 0 fully saturated rings.